The maximum Gasteiger partial charge on any atom is 0.0618 e. The van der Waals surface area contributed by atoms with Crippen LogP contribution in [0.1, 0.15) is 34.6 Å². The lowest BCUT2D eigenvalue weighted by Crippen LogP contribution is -2.37. The Hall–Kier alpha value is -0.0800. The molecule has 0 spiro atoms. The van der Waals surface area contributed by atoms with E-state index in [-0.39, 0.29) is 0 Å². The summed E-state index contributed by atoms with van der Waals surface area (Å²) in [6, 6.07) is 0.509. The summed E-state index contributed by atoms with van der Waals surface area (Å²) in [5.41, 5.74) is 0.886. The monoisotopic (exact) mass is 199 g/mol. The third kappa shape index (κ3) is 1.70. The van der Waals surface area contributed by atoms with E-state index < -0.39 is 0 Å². The van der Waals surface area contributed by atoms with Gasteiger partial charge in [0.15, 0.2) is 0 Å². The van der Waals surface area contributed by atoms with E-state index in [9.17, 15) is 0 Å². The molecule has 2 nitrogen and oxygen atoms in total. The lowest BCUT2D eigenvalue weighted by molar-refractivity contribution is 0.149. The molecule has 1 aliphatic rings. The highest BCUT2D eigenvalue weighted by Gasteiger charge is 2.66. The van der Waals surface area contributed by atoms with E-state index in [1.807, 2.05) is 0 Å². The van der Waals surface area contributed by atoms with E-state index in [1.54, 1.807) is 7.11 Å². The van der Waals surface area contributed by atoms with Crippen LogP contribution in [0.4, 0.5) is 0 Å². The summed E-state index contributed by atoms with van der Waals surface area (Å²) < 4.78 is 5.28. The van der Waals surface area contributed by atoms with Crippen LogP contribution in [-0.2, 0) is 4.74 Å². The number of ether oxygens (including phenoxy) is 1. The molecule has 0 radical (unpaired) electrons. The molecule has 1 atom stereocenters. The van der Waals surface area contributed by atoms with Gasteiger partial charge in [0.1, 0.15) is 0 Å². The van der Waals surface area contributed by atoms with Gasteiger partial charge in [0.2, 0.25) is 0 Å². The van der Waals surface area contributed by atoms with Crippen molar-refractivity contribution in [1.82, 2.24) is 5.32 Å². The predicted molar refractivity (Wildman–Crippen MR) is 60.4 cm³/mol. The van der Waals surface area contributed by atoms with Gasteiger partial charge < -0.3 is 10.1 Å². The van der Waals surface area contributed by atoms with Crippen molar-refractivity contribution in [2.45, 2.75) is 40.7 Å². The van der Waals surface area contributed by atoms with E-state index in [1.165, 1.54) is 0 Å². The molecule has 0 bridgehead atoms. The van der Waals surface area contributed by atoms with Crippen molar-refractivity contribution in [3.05, 3.63) is 0 Å². The second-order valence-electron chi connectivity index (χ2n) is 5.54. The molecule has 1 unspecified atom stereocenters. The fourth-order valence-electron chi connectivity index (χ4n) is 2.97. The normalized spacial score (nSPS) is 26.1. The Kier molecular flexibility index (Phi) is 3.27. The smallest absolute Gasteiger partial charge is 0.0618 e. The maximum atomic E-state index is 5.28. The van der Waals surface area contributed by atoms with Gasteiger partial charge in [-0.2, -0.15) is 0 Å². The Bertz CT molecular complexity index is 178. The van der Waals surface area contributed by atoms with Crippen LogP contribution >= 0.6 is 0 Å². The van der Waals surface area contributed by atoms with Crippen molar-refractivity contribution >= 4 is 0 Å². The van der Waals surface area contributed by atoms with Gasteiger partial charge in [-0.1, -0.05) is 34.6 Å². The minimum atomic E-state index is 0.443. The summed E-state index contributed by atoms with van der Waals surface area (Å²) in [5, 5.41) is 3.53. The molecular weight excluding hydrogens is 174 g/mol. The van der Waals surface area contributed by atoms with Crippen molar-refractivity contribution in [3.8, 4) is 0 Å². The Balaban J connectivity index is 2.63. The van der Waals surface area contributed by atoms with Crippen LogP contribution in [0, 0.1) is 16.7 Å². The minimum Gasteiger partial charge on any atom is -0.383 e. The van der Waals surface area contributed by atoms with Gasteiger partial charge in [-0.3, -0.25) is 0 Å². The highest BCUT2D eigenvalue weighted by Crippen LogP contribution is 2.69. The van der Waals surface area contributed by atoms with E-state index in [4.69, 9.17) is 4.74 Å². The molecular formula is C12H25NO. The van der Waals surface area contributed by atoms with Gasteiger partial charge in [0, 0.05) is 13.2 Å². The van der Waals surface area contributed by atoms with Crippen LogP contribution in [0.15, 0.2) is 0 Å². The predicted octanol–water partition coefficient (Wildman–Crippen LogP) is 2.29. The van der Waals surface area contributed by atoms with E-state index in [2.05, 4.69) is 39.9 Å². The van der Waals surface area contributed by atoms with Gasteiger partial charge in [0.05, 0.1) is 6.61 Å². The zero-order valence-corrected chi connectivity index (χ0v) is 10.5. The SMILES string of the molecule is CCNC(COC)C1C(C)(C)C1(C)C. The van der Waals surface area contributed by atoms with Crippen LogP contribution in [0.25, 0.3) is 0 Å². The molecule has 0 aromatic heterocycles. The molecule has 2 heteroatoms. The topological polar surface area (TPSA) is 21.3 Å². The molecule has 0 saturated heterocycles. The summed E-state index contributed by atoms with van der Waals surface area (Å²) in [7, 11) is 1.78. The first-order valence-electron chi connectivity index (χ1n) is 5.62. The first kappa shape index (κ1) is 12.0. The van der Waals surface area contributed by atoms with E-state index in [0.29, 0.717) is 16.9 Å². The summed E-state index contributed by atoms with van der Waals surface area (Å²) >= 11 is 0. The number of rotatable bonds is 5. The Labute approximate surface area is 88.4 Å². The van der Waals surface area contributed by atoms with Gasteiger partial charge in [-0.05, 0) is 23.3 Å². The quantitative estimate of drug-likeness (QED) is 0.733. The van der Waals surface area contributed by atoms with Crippen molar-refractivity contribution in [1.29, 1.82) is 0 Å². The molecule has 0 heterocycles. The van der Waals surface area contributed by atoms with Crippen LogP contribution in [0.2, 0.25) is 0 Å². The van der Waals surface area contributed by atoms with Gasteiger partial charge in [0.25, 0.3) is 0 Å². The third-order valence-corrected chi connectivity index (χ3v) is 4.35. The molecule has 0 aromatic rings. The molecule has 14 heavy (non-hydrogen) atoms. The molecule has 1 fully saturated rings. The highest BCUT2D eigenvalue weighted by molar-refractivity contribution is 5.16. The number of nitrogens with one attached hydrogen (secondary N) is 1. The maximum absolute atomic E-state index is 5.28. The summed E-state index contributed by atoms with van der Waals surface area (Å²) in [6.07, 6.45) is 0. The second kappa shape index (κ2) is 3.82. The number of methoxy groups -OCH3 is 1. The molecule has 0 aliphatic heterocycles. The van der Waals surface area contributed by atoms with Gasteiger partial charge >= 0.3 is 0 Å². The molecule has 0 aromatic carbocycles. The Morgan fingerprint density at radius 2 is 1.71 bits per heavy atom. The number of likely N-dealkylation sites (N-methyl/N-ethyl adjacent to an activating group) is 1. The van der Waals surface area contributed by atoms with Gasteiger partial charge in [-0.25, -0.2) is 0 Å². The average molecular weight is 199 g/mol. The zero-order chi connectivity index (χ0) is 11.0. The summed E-state index contributed by atoms with van der Waals surface area (Å²) in [4.78, 5) is 0. The number of hydrogen-bond acceptors (Lipinski definition) is 2. The minimum absolute atomic E-state index is 0.443. The van der Waals surface area contributed by atoms with Crippen LogP contribution in [0.5, 0.6) is 0 Å². The zero-order valence-electron chi connectivity index (χ0n) is 10.5. The first-order chi connectivity index (χ1) is 6.39. The molecule has 1 saturated carbocycles. The lowest BCUT2D eigenvalue weighted by atomic mass is 10.0. The standard InChI is InChI=1S/C12H25NO/c1-7-13-9(8-14-6)10-11(2,3)12(10,4)5/h9-10,13H,7-8H2,1-6H3. The van der Waals surface area contributed by atoms with Crippen molar-refractivity contribution in [2.75, 3.05) is 20.3 Å². The second-order valence-corrected chi connectivity index (χ2v) is 5.54. The van der Waals surface area contributed by atoms with Crippen LogP contribution in [0.3, 0.4) is 0 Å². The third-order valence-electron chi connectivity index (χ3n) is 4.35. The fourth-order valence-corrected chi connectivity index (χ4v) is 2.97. The van der Waals surface area contributed by atoms with E-state index in [0.717, 1.165) is 19.1 Å². The van der Waals surface area contributed by atoms with Crippen LogP contribution < -0.4 is 5.32 Å². The highest BCUT2D eigenvalue weighted by atomic mass is 16.5. The summed E-state index contributed by atoms with van der Waals surface area (Å²) in [6.45, 7) is 13.4. The Morgan fingerprint density at radius 1 is 1.21 bits per heavy atom. The fraction of sp³-hybridized carbons (Fsp3) is 1.00. The van der Waals surface area contributed by atoms with Crippen molar-refractivity contribution in [3.63, 3.8) is 0 Å². The molecule has 1 rings (SSSR count). The van der Waals surface area contributed by atoms with Crippen LogP contribution in [-0.4, -0.2) is 26.3 Å². The summed E-state index contributed by atoms with van der Waals surface area (Å²) in [5.74, 6) is 0.731. The van der Waals surface area contributed by atoms with E-state index >= 15 is 0 Å². The average Bonchev–Trinajstić information content (AvgIpc) is 2.43. The Morgan fingerprint density at radius 3 is 2.00 bits per heavy atom. The first-order valence-corrected chi connectivity index (χ1v) is 5.62. The van der Waals surface area contributed by atoms with Gasteiger partial charge in [-0.15, -0.1) is 0 Å². The largest absolute Gasteiger partial charge is 0.383 e. The molecule has 1 N–H and O–H groups in total. The lowest BCUT2D eigenvalue weighted by Gasteiger charge is -2.19. The van der Waals surface area contributed by atoms with Crippen molar-refractivity contribution < 1.29 is 4.74 Å². The molecule has 84 valence electrons. The van der Waals surface area contributed by atoms with Crippen molar-refractivity contribution in [2.24, 2.45) is 16.7 Å². The molecule has 1 aliphatic carbocycles. The number of hydrogen-bond donors (Lipinski definition) is 1. The molecule has 0 amide bonds.